The Bertz CT molecular complexity index is 162. The van der Waals surface area contributed by atoms with Gasteiger partial charge in [0, 0.05) is 19.8 Å². The van der Waals surface area contributed by atoms with Crippen molar-refractivity contribution in [3.8, 4) is 0 Å². The van der Waals surface area contributed by atoms with Crippen LogP contribution in [0.2, 0.25) is 0 Å². The molecule has 0 aromatic heterocycles. The minimum atomic E-state index is 0.657. The van der Waals surface area contributed by atoms with Gasteiger partial charge in [0.15, 0.2) is 0 Å². The Morgan fingerprint density at radius 1 is 1.00 bits per heavy atom. The molecule has 0 spiro atoms. The van der Waals surface area contributed by atoms with Crippen LogP contribution in [0.1, 0.15) is 34.6 Å². The van der Waals surface area contributed by atoms with Crippen molar-refractivity contribution in [2.45, 2.75) is 34.6 Å². The fourth-order valence-corrected chi connectivity index (χ4v) is 1.63. The largest absolute Gasteiger partial charge is 0.381 e. The predicted molar refractivity (Wildman–Crippen MR) is 56.1 cm³/mol. The Labute approximate surface area is 77.5 Å². The lowest BCUT2D eigenvalue weighted by Gasteiger charge is -2.27. The van der Waals surface area contributed by atoms with Gasteiger partial charge in [-0.3, -0.25) is 0 Å². The molecule has 1 unspecified atom stereocenters. The highest BCUT2D eigenvalue weighted by atomic mass is 15.1. The molecule has 0 saturated carbocycles. The molecule has 1 heteroatoms. The van der Waals surface area contributed by atoms with E-state index in [1.54, 1.807) is 0 Å². The molecule has 0 N–H and O–H groups in total. The first kappa shape index (κ1) is 11.5. The van der Waals surface area contributed by atoms with Crippen LogP contribution in [-0.2, 0) is 0 Å². The molecule has 0 saturated heterocycles. The van der Waals surface area contributed by atoms with E-state index >= 15 is 0 Å². The first-order chi connectivity index (χ1) is 5.37. The van der Waals surface area contributed by atoms with Crippen LogP contribution in [0.15, 0.2) is 11.3 Å². The molecule has 0 aliphatic carbocycles. The Kier molecular flexibility index (Phi) is 4.36. The molecule has 0 bridgehead atoms. The van der Waals surface area contributed by atoms with Crippen molar-refractivity contribution >= 4 is 0 Å². The zero-order valence-electron chi connectivity index (χ0n) is 9.60. The number of rotatable bonds is 3. The Hall–Kier alpha value is -0.460. The van der Waals surface area contributed by atoms with Gasteiger partial charge in [-0.15, -0.1) is 0 Å². The van der Waals surface area contributed by atoms with Gasteiger partial charge in [-0.25, -0.2) is 0 Å². The lowest BCUT2D eigenvalue weighted by Crippen LogP contribution is -2.22. The van der Waals surface area contributed by atoms with Crippen LogP contribution in [0.5, 0.6) is 0 Å². The van der Waals surface area contributed by atoms with E-state index in [1.165, 1.54) is 11.3 Å². The maximum Gasteiger partial charge on any atom is 0.0145 e. The summed E-state index contributed by atoms with van der Waals surface area (Å²) in [5, 5.41) is 0. The highest BCUT2D eigenvalue weighted by molar-refractivity contribution is 5.11. The average Bonchev–Trinajstić information content (AvgIpc) is 1.85. The van der Waals surface area contributed by atoms with Crippen molar-refractivity contribution in [1.29, 1.82) is 0 Å². The Balaban J connectivity index is 4.66. The highest BCUT2D eigenvalue weighted by Gasteiger charge is 2.15. The van der Waals surface area contributed by atoms with Gasteiger partial charge in [0.25, 0.3) is 0 Å². The normalized spacial score (nSPS) is 13.0. The summed E-state index contributed by atoms with van der Waals surface area (Å²) in [5.41, 5.74) is 2.91. The van der Waals surface area contributed by atoms with Crippen LogP contribution in [-0.4, -0.2) is 19.0 Å². The van der Waals surface area contributed by atoms with Gasteiger partial charge in [-0.1, -0.05) is 26.3 Å². The van der Waals surface area contributed by atoms with E-state index < -0.39 is 0 Å². The summed E-state index contributed by atoms with van der Waals surface area (Å²) in [6, 6.07) is 0. The van der Waals surface area contributed by atoms with Gasteiger partial charge in [0.05, 0.1) is 0 Å². The van der Waals surface area contributed by atoms with Gasteiger partial charge in [-0.2, -0.15) is 0 Å². The molecule has 1 nitrogen and oxygen atoms in total. The summed E-state index contributed by atoms with van der Waals surface area (Å²) in [7, 11) is 4.25. The minimum Gasteiger partial charge on any atom is -0.381 e. The number of hydrogen-bond acceptors (Lipinski definition) is 1. The fourth-order valence-electron chi connectivity index (χ4n) is 1.63. The van der Waals surface area contributed by atoms with E-state index in [-0.39, 0.29) is 0 Å². The Morgan fingerprint density at radius 2 is 1.42 bits per heavy atom. The van der Waals surface area contributed by atoms with Crippen molar-refractivity contribution in [2.75, 3.05) is 14.1 Å². The summed E-state index contributed by atoms with van der Waals surface area (Å²) in [5.74, 6) is 1.38. The van der Waals surface area contributed by atoms with Crippen molar-refractivity contribution in [1.82, 2.24) is 4.90 Å². The smallest absolute Gasteiger partial charge is 0.0145 e. The molecular formula is C11H23N. The first-order valence-electron chi connectivity index (χ1n) is 4.72. The van der Waals surface area contributed by atoms with E-state index in [9.17, 15) is 0 Å². The second kappa shape index (κ2) is 4.54. The van der Waals surface area contributed by atoms with Gasteiger partial charge >= 0.3 is 0 Å². The quantitative estimate of drug-likeness (QED) is 0.627. The summed E-state index contributed by atoms with van der Waals surface area (Å²) >= 11 is 0. The van der Waals surface area contributed by atoms with Crippen molar-refractivity contribution < 1.29 is 0 Å². The summed E-state index contributed by atoms with van der Waals surface area (Å²) < 4.78 is 0. The maximum atomic E-state index is 2.30. The van der Waals surface area contributed by atoms with Crippen LogP contribution in [0.3, 0.4) is 0 Å². The standard InChI is InChI=1S/C11H23N/c1-8(2)10(5)11(9(3)4)12(6)7/h8,10H,1-7H3. The third kappa shape index (κ3) is 2.88. The van der Waals surface area contributed by atoms with Crippen molar-refractivity contribution in [3.63, 3.8) is 0 Å². The molecule has 1 atom stereocenters. The SMILES string of the molecule is CC(C)=C(C(C)C(C)C)N(C)C. The number of hydrogen-bond donors (Lipinski definition) is 0. The first-order valence-corrected chi connectivity index (χ1v) is 4.72. The molecule has 0 aliphatic heterocycles. The lowest BCUT2D eigenvalue weighted by atomic mass is 9.92. The van der Waals surface area contributed by atoms with Crippen LogP contribution in [0, 0.1) is 11.8 Å². The topological polar surface area (TPSA) is 3.24 Å². The molecular weight excluding hydrogens is 146 g/mol. The molecule has 0 aliphatic rings. The van der Waals surface area contributed by atoms with Crippen LogP contribution in [0.4, 0.5) is 0 Å². The van der Waals surface area contributed by atoms with E-state index in [0.29, 0.717) is 5.92 Å². The van der Waals surface area contributed by atoms with Crippen molar-refractivity contribution in [3.05, 3.63) is 11.3 Å². The molecule has 0 rings (SSSR count). The second-order valence-electron chi connectivity index (χ2n) is 4.31. The predicted octanol–water partition coefficient (Wildman–Crippen LogP) is 3.13. The molecule has 72 valence electrons. The van der Waals surface area contributed by atoms with Crippen LogP contribution < -0.4 is 0 Å². The molecule has 0 radical (unpaired) electrons. The van der Waals surface area contributed by atoms with E-state index in [4.69, 9.17) is 0 Å². The molecule has 0 heterocycles. The molecule has 0 aromatic carbocycles. The van der Waals surface area contributed by atoms with Crippen LogP contribution in [0.25, 0.3) is 0 Å². The highest BCUT2D eigenvalue weighted by Crippen LogP contribution is 2.23. The minimum absolute atomic E-state index is 0.657. The third-order valence-corrected chi connectivity index (χ3v) is 2.43. The van der Waals surface area contributed by atoms with Gasteiger partial charge in [0.2, 0.25) is 0 Å². The van der Waals surface area contributed by atoms with Crippen molar-refractivity contribution in [2.24, 2.45) is 11.8 Å². The van der Waals surface area contributed by atoms with E-state index in [2.05, 4.69) is 53.6 Å². The molecule has 0 amide bonds. The van der Waals surface area contributed by atoms with Gasteiger partial charge in [-0.05, 0) is 25.7 Å². The average molecular weight is 169 g/mol. The third-order valence-electron chi connectivity index (χ3n) is 2.43. The number of allylic oxidation sites excluding steroid dienone is 2. The summed E-state index contributed by atoms with van der Waals surface area (Å²) in [6.45, 7) is 11.2. The zero-order chi connectivity index (χ0) is 9.89. The zero-order valence-corrected chi connectivity index (χ0v) is 9.60. The molecule has 12 heavy (non-hydrogen) atoms. The van der Waals surface area contributed by atoms with Crippen LogP contribution >= 0.6 is 0 Å². The molecule has 0 fully saturated rings. The van der Waals surface area contributed by atoms with E-state index in [0.717, 1.165) is 5.92 Å². The Morgan fingerprint density at radius 3 is 1.50 bits per heavy atom. The second-order valence-corrected chi connectivity index (χ2v) is 4.31. The van der Waals surface area contributed by atoms with Gasteiger partial charge < -0.3 is 4.90 Å². The fraction of sp³-hybridized carbons (Fsp3) is 0.818. The number of nitrogens with zero attached hydrogens (tertiary/aromatic N) is 1. The monoisotopic (exact) mass is 169 g/mol. The molecule has 0 aromatic rings. The van der Waals surface area contributed by atoms with Gasteiger partial charge in [0.1, 0.15) is 0 Å². The summed E-state index contributed by atoms with van der Waals surface area (Å²) in [4.78, 5) is 2.24. The maximum absolute atomic E-state index is 2.30. The summed E-state index contributed by atoms with van der Waals surface area (Å²) in [6.07, 6.45) is 0. The lowest BCUT2D eigenvalue weighted by molar-refractivity contribution is 0.361. The van der Waals surface area contributed by atoms with E-state index in [1.807, 2.05) is 0 Å².